The van der Waals surface area contributed by atoms with E-state index in [-0.39, 0.29) is 5.54 Å². The topological polar surface area (TPSA) is 95.1 Å². The van der Waals surface area contributed by atoms with Crippen LogP contribution in [0.5, 0.6) is 11.6 Å². The molecule has 3 rings (SSSR count). The van der Waals surface area contributed by atoms with E-state index in [1.165, 1.54) is 0 Å². The number of benzene rings is 1. The highest BCUT2D eigenvalue weighted by atomic mass is 16.5. The van der Waals surface area contributed by atoms with Crippen molar-refractivity contribution in [3.8, 4) is 11.6 Å². The first-order valence-corrected chi connectivity index (χ1v) is 8.63. The first kappa shape index (κ1) is 18.4. The number of ether oxygens (including phenoxy) is 1. The van der Waals surface area contributed by atoms with E-state index < -0.39 is 5.91 Å². The van der Waals surface area contributed by atoms with Gasteiger partial charge in [0, 0.05) is 29.9 Å². The number of carbonyl (C=O) groups excluding carboxylic acids is 1. The zero-order valence-corrected chi connectivity index (χ0v) is 15.6. The molecule has 0 spiro atoms. The Morgan fingerprint density at radius 1 is 1.22 bits per heavy atom. The minimum atomic E-state index is -0.497. The maximum atomic E-state index is 11.2. The molecule has 0 atom stereocenters. The number of amides is 1. The van der Waals surface area contributed by atoms with Crippen molar-refractivity contribution in [3.05, 3.63) is 66.1 Å². The Hall–Kier alpha value is -3.35. The number of aromatic nitrogens is 3. The molecule has 0 aliphatic heterocycles. The van der Waals surface area contributed by atoms with Gasteiger partial charge in [-0.1, -0.05) is 6.07 Å². The summed E-state index contributed by atoms with van der Waals surface area (Å²) < 4.78 is 7.61. The van der Waals surface area contributed by atoms with E-state index in [1.807, 2.05) is 23.1 Å². The molecule has 7 nitrogen and oxygen atoms in total. The number of primary amides is 1. The van der Waals surface area contributed by atoms with Gasteiger partial charge in [-0.3, -0.25) is 9.48 Å². The maximum absolute atomic E-state index is 11.2. The minimum Gasteiger partial charge on any atom is -0.439 e. The van der Waals surface area contributed by atoms with E-state index in [9.17, 15) is 4.79 Å². The number of nitrogens with one attached hydrogen (secondary N) is 1. The second-order valence-electron chi connectivity index (χ2n) is 7.20. The van der Waals surface area contributed by atoms with Gasteiger partial charge in [-0.25, -0.2) is 4.98 Å². The highest BCUT2D eigenvalue weighted by Crippen LogP contribution is 2.22. The van der Waals surface area contributed by atoms with E-state index in [1.54, 1.807) is 36.5 Å². The number of nitrogens with two attached hydrogens (primary N) is 1. The smallest absolute Gasteiger partial charge is 0.248 e. The normalized spacial score (nSPS) is 11.2. The number of anilines is 1. The molecule has 140 valence electrons. The molecular weight excluding hydrogens is 342 g/mol. The monoisotopic (exact) mass is 365 g/mol. The lowest BCUT2D eigenvalue weighted by Crippen LogP contribution is -2.21. The van der Waals surface area contributed by atoms with E-state index >= 15 is 0 Å². The summed E-state index contributed by atoms with van der Waals surface area (Å²) in [4.78, 5) is 15.5. The average molecular weight is 365 g/mol. The highest BCUT2D eigenvalue weighted by Gasteiger charge is 2.13. The van der Waals surface area contributed by atoms with Crippen LogP contribution in [0.1, 0.15) is 36.7 Å². The number of hydrogen-bond acceptors (Lipinski definition) is 5. The van der Waals surface area contributed by atoms with Crippen LogP contribution in [0.3, 0.4) is 0 Å². The Kier molecular flexibility index (Phi) is 5.12. The third kappa shape index (κ3) is 4.84. The van der Waals surface area contributed by atoms with E-state index in [2.05, 4.69) is 36.2 Å². The molecule has 0 bridgehead atoms. The lowest BCUT2D eigenvalue weighted by molar-refractivity contribution is 0.1000. The summed E-state index contributed by atoms with van der Waals surface area (Å²) in [6.07, 6.45) is 5.58. The SMILES string of the molecule is CC(C)(C)n1cc(CNc2ccc(Oc3cccc(C(N)=O)c3)nc2)cn1. The van der Waals surface area contributed by atoms with Crippen LogP contribution in [0, 0.1) is 0 Å². The van der Waals surface area contributed by atoms with Crippen LogP contribution in [0.2, 0.25) is 0 Å². The molecule has 7 heteroatoms. The molecule has 3 aromatic rings. The van der Waals surface area contributed by atoms with Crippen molar-refractivity contribution < 1.29 is 9.53 Å². The fraction of sp³-hybridized carbons (Fsp3) is 0.250. The Balaban J connectivity index is 1.60. The quantitative estimate of drug-likeness (QED) is 0.697. The first-order chi connectivity index (χ1) is 12.8. The average Bonchev–Trinajstić information content (AvgIpc) is 3.11. The lowest BCUT2D eigenvalue weighted by Gasteiger charge is -2.18. The Morgan fingerprint density at radius 2 is 2.04 bits per heavy atom. The number of rotatable bonds is 6. The van der Waals surface area contributed by atoms with Crippen molar-refractivity contribution in [2.45, 2.75) is 32.9 Å². The van der Waals surface area contributed by atoms with Crippen LogP contribution in [0.4, 0.5) is 5.69 Å². The number of pyridine rings is 1. The predicted octanol–water partition coefficient (Wildman–Crippen LogP) is 3.54. The van der Waals surface area contributed by atoms with Gasteiger partial charge in [0.05, 0.1) is 23.6 Å². The summed E-state index contributed by atoms with van der Waals surface area (Å²) in [7, 11) is 0. The van der Waals surface area contributed by atoms with Gasteiger partial charge in [0.2, 0.25) is 11.8 Å². The summed E-state index contributed by atoms with van der Waals surface area (Å²) >= 11 is 0. The first-order valence-electron chi connectivity index (χ1n) is 8.63. The van der Waals surface area contributed by atoms with Gasteiger partial charge in [0.1, 0.15) is 5.75 Å². The van der Waals surface area contributed by atoms with Crippen LogP contribution in [-0.2, 0) is 12.1 Å². The fourth-order valence-corrected chi connectivity index (χ4v) is 2.40. The van der Waals surface area contributed by atoms with E-state index in [4.69, 9.17) is 10.5 Å². The summed E-state index contributed by atoms with van der Waals surface area (Å²) in [6.45, 7) is 6.98. The molecule has 27 heavy (non-hydrogen) atoms. The van der Waals surface area contributed by atoms with Crippen molar-refractivity contribution in [2.24, 2.45) is 5.73 Å². The molecule has 3 N–H and O–H groups in total. The molecule has 0 aliphatic carbocycles. The zero-order valence-electron chi connectivity index (χ0n) is 15.6. The van der Waals surface area contributed by atoms with Crippen LogP contribution in [0.15, 0.2) is 55.0 Å². The standard InChI is InChI=1S/C20H23N5O2/c1-20(2,3)25-13-14(11-24-25)10-22-16-7-8-18(23-12-16)27-17-6-4-5-15(9-17)19(21)26/h4-9,11-13,22H,10H2,1-3H3,(H2,21,26). The van der Waals surface area contributed by atoms with Gasteiger partial charge in [-0.2, -0.15) is 5.10 Å². The third-order valence-electron chi connectivity index (χ3n) is 3.90. The second kappa shape index (κ2) is 7.49. The zero-order chi connectivity index (χ0) is 19.4. The second-order valence-corrected chi connectivity index (χ2v) is 7.20. The Morgan fingerprint density at radius 3 is 2.67 bits per heavy atom. The maximum Gasteiger partial charge on any atom is 0.248 e. The van der Waals surface area contributed by atoms with Gasteiger partial charge in [-0.05, 0) is 45.0 Å². The van der Waals surface area contributed by atoms with E-state index in [0.29, 0.717) is 23.7 Å². The third-order valence-corrected chi connectivity index (χ3v) is 3.90. The largest absolute Gasteiger partial charge is 0.439 e. The molecular formula is C20H23N5O2. The van der Waals surface area contributed by atoms with Gasteiger partial charge in [0.25, 0.3) is 0 Å². The lowest BCUT2D eigenvalue weighted by atomic mass is 10.1. The highest BCUT2D eigenvalue weighted by molar-refractivity contribution is 5.93. The predicted molar refractivity (Wildman–Crippen MR) is 104 cm³/mol. The number of hydrogen-bond donors (Lipinski definition) is 2. The molecule has 2 heterocycles. The Bertz CT molecular complexity index is 926. The molecule has 1 aromatic carbocycles. The van der Waals surface area contributed by atoms with Crippen molar-refractivity contribution in [2.75, 3.05) is 5.32 Å². The van der Waals surface area contributed by atoms with Gasteiger partial charge in [0.15, 0.2) is 0 Å². The van der Waals surface area contributed by atoms with Crippen LogP contribution in [0.25, 0.3) is 0 Å². The van der Waals surface area contributed by atoms with Crippen LogP contribution < -0.4 is 15.8 Å². The van der Waals surface area contributed by atoms with Crippen molar-refractivity contribution in [3.63, 3.8) is 0 Å². The van der Waals surface area contributed by atoms with Gasteiger partial charge in [-0.15, -0.1) is 0 Å². The molecule has 0 aliphatic rings. The van der Waals surface area contributed by atoms with Crippen molar-refractivity contribution >= 4 is 11.6 Å². The van der Waals surface area contributed by atoms with Crippen LogP contribution in [-0.4, -0.2) is 20.7 Å². The summed E-state index contributed by atoms with van der Waals surface area (Å²) in [5, 5.41) is 7.70. The molecule has 0 radical (unpaired) electrons. The van der Waals surface area contributed by atoms with Crippen molar-refractivity contribution in [1.29, 1.82) is 0 Å². The van der Waals surface area contributed by atoms with Crippen molar-refractivity contribution in [1.82, 2.24) is 14.8 Å². The molecule has 0 unspecified atom stereocenters. The molecule has 0 fully saturated rings. The minimum absolute atomic E-state index is 0.0371. The Labute approximate surface area is 158 Å². The van der Waals surface area contributed by atoms with E-state index in [0.717, 1.165) is 11.3 Å². The molecule has 0 saturated carbocycles. The molecule has 2 aromatic heterocycles. The number of nitrogens with zero attached hydrogens (tertiary/aromatic N) is 3. The summed E-state index contributed by atoms with van der Waals surface area (Å²) in [5.74, 6) is 0.444. The molecule has 0 saturated heterocycles. The number of carbonyl (C=O) groups is 1. The van der Waals surface area contributed by atoms with Gasteiger partial charge < -0.3 is 15.8 Å². The summed E-state index contributed by atoms with van der Waals surface area (Å²) in [6, 6.07) is 10.3. The molecule has 1 amide bonds. The van der Waals surface area contributed by atoms with Gasteiger partial charge >= 0.3 is 0 Å². The fourth-order valence-electron chi connectivity index (χ4n) is 2.40. The summed E-state index contributed by atoms with van der Waals surface area (Å²) in [5.41, 5.74) is 7.59. The van der Waals surface area contributed by atoms with Crippen LogP contribution >= 0.6 is 0 Å².